The molecule has 0 aliphatic carbocycles. The molecule has 0 radical (unpaired) electrons. The van der Waals surface area contributed by atoms with Crippen molar-refractivity contribution in [2.24, 2.45) is 0 Å². The maximum Gasteiger partial charge on any atom is 0.286 e. The molecule has 12 heavy (non-hydrogen) atoms. The summed E-state index contributed by atoms with van der Waals surface area (Å²) in [5.74, 6) is 2.70. The average Bonchev–Trinajstić information content (AvgIpc) is 2.56. The fourth-order valence-electron chi connectivity index (χ4n) is 0.911. The van der Waals surface area contributed by atoms with E-state index in [2.05, 4.69) is 11.2 Å². The Bertz CT molecular complexity index is 237. The van der Waals surface area contributed by atoms with Crippen LogP contribution in [0.15, 0.2) is 11.8 Å². The number of carbonyl (C=O) groups is 1. The van der Waals surface area contributed by atoms with Crippen molar-refractivity contribution >= 4 is 5.91 Å². The molecule has 1 heterocycles. The van der Waals surface area contributed by atoms with Crippen LogP contribution >= 0.6 is 0 Å². The fourth-order valence-corrected chi connectivity index (χ4v) is 0.911. The number of hydrogen-bond acceptors (Lipinski definition) is 2. The van der Waals surface area contributed by atoms with Gasteiger partial charge in [-0.25, -0.2) is 0 Å². The second kappa shape index (κ2) is 4.45. The number of ether oxygens (including phenoxy) is 1. The molecule has 0 aromatic heterocycles. The van der Waals surface area contributed by atoms with Crippen LogP contribution in [0.25, 0.3) is 0 Å². The minimum absolute atomic E-state index is 0.164. The van der Waals surface area contributed by atoms with Crippen molar-refractivity contribution in [3.63, 3.8) is 0 Å². The summed E-state index contributed by atoms with van der Waals surface area (Å²) in [5, 5.41) is 2.65. The van der Waals surface area contributed by atoms with Gasteiger partial charge in [0.15, 0.2) is 5.76 Å². The van der Waals surface area contributed by atoms with Gasteiger partial charge in [0.05, 0.1) is 6.61 Å². The Labute approximate surface area is 71.8 Å². The maximum atomic E-state index is 11.1. The highest BCUT2D eigenvalue weighted by Crippen LogP contribution is 2.08. The van der Waals surface area contributed by atoms with E-state index in [9.17, 15) is 4.79 Å². The lowest BCUT2D eigenvalue weighted by molar-refractivity contribution is -0.120. The molecule has 0 aromatic rings. The number of amides is 1. The second-order valence-corrected chi connectivity index (χ2v) is 2.42. The van der Waals surface area contributed by atoms with Crippen LogP contribution in [-0.2, 0) is 9.53 Å². The monoisotopic (exact) mass is 165 g/mol. The first-order valence-electron chi connectivity index (χ1n) is 3.89. The molecule has 1 aliphatic heterocycles. The SMILES string of the molecule is C#CCCNC(=O)C1=CCCO1. The molecule has 0 aromatic carbocycles. The van der Waals surface area contributed by atoms with Crippen molar-refractivity contribution in [1.29, 1.82) is 0 Å². The number of hydrogen-bond donors (Lipinski definition) is 1. The largest absolute Gasteiger partial charge is 0.488 e. The lowest BCUT2D eigenvalue weighted by Crippen LogP contribution is -2.25. The molecule has 0 atom stereocenters. The zero-order chi connectivity index (χ0) is 8.81. The van der Waals surface area contributed by atoms with E-state index < -0.39 is 0 Å². The van der Waals surface area contributed by atoms with Gasteiger partial charge in [0, 0.05) is 19.4 Å². The Morgan fingerprint density at radius 2 is 2.67 bits per heavy atom. The molecule has 1 rings (SSSR count). The van der Waals surface area contributed by atoms with Crippen molar-refractivity contribution in [2.45, 2.75) is 12.8 Å². The molecular weight excluding hydrogens is 154 g/mol. The number of carbonyl (C=O) groups excluding carboxylic acids is 1. The Morgan fingerprint density at radius 3 is 3.25 bits per heavy atom. The van der Waals surface area contributed by atoms with Crippen molar-refractivity contribution in [3.05, 3.63) is 11.8 Å². The quantitative estimate of drug-likeness (QED) is 0.486. The van der Waals surface area contributed by atoms with Crippen LogP contribution < -0.4 is 5.32 Å². The van der Waals surface area contributed by atoms with Gasteiger partial charge in [0.2, 0.25) is 0 Å². The van der Waals surface area contributed by atoms with Crippen LogP contribution in [0.2, 0.25) is 0 Å². The molecule has 3 heteroatoms. The highest BCUT2D eigenvalue weighted by molar-refractivity contribution is 5.91. The molecule has 0 bridgehead atoms. The minimum atomic E-state index is -0.164. The Balaban J connectivity index is 2.24. The molecule has 3 nitrogen and oxygen atoms in total. The summed E-state index contributed by atoms with van der Waals surface area (Å²) in [6, 6.07) is 0. The van der Waals surface area contributed by atoms with Gasteiger partial charge in [-0.1, -0.05) is 0 Å². The highest BCUT2D eigenvalue weighted by atomic mass is 16.5. The third-order valence-corrected chi connectivity index (χ3v) is 1.48. The van der Waals surface area contributed by atoms with Crippen LogP contribution in [0, 0.1) is 12.3 Å². The van der Waals surface area contributed by atoms with E-state index in [1.807, 2.05) is 0 Å². The van der Waals surface area contributed by atoms with E-state index in [1.54, 1.807) is 6.08 Å². The molecule has 1 amide bonds. The zero-order valence-corrected chi connectivity index (χ0v) is 6.80. The van der Waals surface area contributed by atoms with Crippen LogP contribution in [-0.4, -0.2) is 19.1 Å². The molecule has 0 spiro atoms. The summed E-state index contributed by atoms with van der Waals surface area (Å²) in [6.45, 7) is 1.12. The number of nitrogens with one attached hydrogen (secondary N) is 1. The molecule has 1 N–H and O–H groups in total. The zero-order valence-electron chi connectivity index (χ0n) is 6.80. The van der Waals surface area contributed by atoms with Crippen molar-refractivity contribution in [1.82, 2.24) is 5.32 Å². The van der Waals surface area contributed by atoms with Crippen LogP contribution in [0.1, 0.15) is 12.8 Å². The van der Waals surface area contributed by atoms with Gasteiger partial charge in [-0.05, 0) is 6.08 Å². The van der Waals surface area contributed by atoms with E-state index >= 15 is 0 Å². The van der Waals surface area contributed by atoms with Crippen LogP contribution in [0.3, 0.4) is 0 Å². The fraction of sp³-hybridized carbons (Fsp3) is 0.444. The van der Waals surface area contributed by atoms with Gasteiger partial charge in [-0.15, -0.1) is 12.3 Å². The Kier molecular flexibility index (Phi) is 3.21. The van der Waals surface area contributed by atoms with Crippen LogP contribution in [0.4, 0.5) is 0 Å². The lowest BCUT2D eigenvalue weighted by Gasteiger charge is -2.03. The van der Waals surface area contributed by atoms with Gasteiger partial charge in [-0.2, -0.15) is 0 Å². The van der Waals surface area contributed by atoms with E-state index in [4.69, 9.17) is 11.2 Å². The van der Waals surface area contributed by atoms with Gasteiger partial charge in [0.1, 0.15) is 0 Å². The van der Waals surface area contributed by atoms with Gasteiger partial charge >= 0.3 is 0 Å². The Hall–Kier alpha value is -1.43. The normalized spacial score (nSPS) is 14.4. The molecule has 0 unspecified atom stereocenters. The highest BCUT2D eigenvalue weighted by Gasteiger charge is 2.13. The lowest BCUT2D eigenvalue weighted by atomic mass is 10.4. The standard InChI is InChI=1S/C9H11NO2/c1-2-3-6-10-9(11)8-5-4-7-12-8/h1,5H,3-4,6-7H2,(H,10,11). The molecule has 0 saturated heterocycles. The third kappa shape index (κ3) is 2.31. The van der Waals surface area contributed by atoms with Gasteiger partial charge < -0.3 is 10.1 Å². The molecule has 1 aliphatic rings. The summed E-state index contributed by atoms with van der Waals surface area (Å²) in [7, 11) is 0. The predicted octanol–water partition coefficient (Wildman–Crippen LogP) is 0.430. The summed E-state index contributed by atoms with van der Waals surface area (Å²) in [6.07, 6.45) is 8.18. The summed E-state index contributed by atoms with van der Waals surface area (Å²) < 4.78 is 5.04. The Morgan fingerprint density at radius 1 is 1.83 bits per heavy atom. The topological polar surface area (TPSA) is 38.3 Å². The summed E-state index contributed by atoms with van der Waals surface area (Å²) in [5.41, 5.74) is 0. The van der Waals surface area contributed by atoms with Crippen molar-refractivity contribution < 1.29 is 9.53 Å². The predicted molar refractivity (Wildman–Crippen MR) is 45.1 cm³/mol. The minimum Gasteiger partial charge on any atom is -0.488 e. The van der Waals surface area contributed by atoms with Gasteiger partial charge in [-0.3, -0.25) is 4.79 Å². The first kappa shape index (κ1) is 8.66. The van der Waals surface area contributed by atoms with Crippen molar-refractivity contribution in [2.75, 3.05) is 13.2 Å². The molecular formula is C9H11NO2. The van der Waals surface area contributed by atoms with Crippen LogP contribution in [0.5, 0.6) is 0 Å². The van der Waals surface area contributed by atoms with E-state index in [0.717, 1.165) is 6.42 Å². The smallest absolute Gasteiger partial charge is 0.286 e. The van der Waals surface area contributed by atoms with E-state index in [-0.39, 0.29) is 5.91 Å². The summed E-state index contributed by atoms with van der Waals surface area (Å²) >= 11 is 0. The second-order valence-electron chi connectivity index (χ2n) is 2.42. The summed E-state index contributed by atoms with van der Waals surface area (Å²) in [4.78, 5) is 11.1. The van der Waals surface area contributed by atoms with E-state index in [0.29, 0.717) is 25.3 Å². The molecule has 0 fully saturated rings. The molecule has 0 saturated carbocycles. The first-order valence-corrected chi connectivity index (χ1v) is 3.89. The van der Waals surface area contributed by atoms with Crippen molar-refractivity contribution in [3.8, 4) is 12.3 Å². The maximum absolute atomic E-state index is 11.1. The first-order chi connectivity index (χ1) is 5.84. The van der Waals surface area contributed by atoms with Gasteiger partial charge in [0.25, 0.3) is 5.91 Å². The van der Waals surface area contributed by atoms with E-state index in [1.165, 1.54) is 0 Å². The number of terminal acetylenes is 1. The molecule has 64 valence electrons. The number of rotatable bonds is 3. The average molecular weight is 165 g/mol. The third-order valence-electron chi connectivity index (χ3n) is 1.48.